The molecule has 0 spiro atoms. The van der Waals surface area contributed by atoms with Crippen LogP contribution in [0.25, 0.3) is 0 Å². The van der Waals surface area contributed by atoms with Crippen molar-refractivity contribution < 1.29 is 9.53 Å². The van der Waals surface area contributed by atoms with Crippen molar-refractivity contribution in [3.63, 3.8) is 0 Å². The highest BCUT2D eigenvalue weighted by molar-refractivity contribution is 5.78. The molecule has 0 bridgehead atoms. The molecule has 0 atom stereocenters. The molecular formula is C16H24N2O2. The van der Waals surface area contributed by atoms with Gasteiger partial charge < -0.3 is 15.0 Å². The minimum Gasteiger partial charge on any atom is -0.493 e. The van der Waals surface area contributed by atoms with Crippen molar-refractivity contribution in [1.82, 2.24) is 10.2 Å². The fourth-order valence-corrected chi connectivity index (χ4v) is 2.17. The maximum absolute atomic E-state index is 12.1. The van der Waals surface area contributed by atoms with Gasteiger partial charge in [-0.05, 0) is 23.6 Å². The summed E-state index contributed by atoms with van der Waals surface area (Å²) < 4.78 is 5.64. The molecule has 1 N–H and O–H groups in total. The first-order valence-corrected chi connectivity index (χ1v) is 7.35. The van der Waals surface area contributed by atoms with E-state index in [0.717, 1.165) is 44.1 Å². The van der Waals surface area contributed by atoms with Gasteiger partial charge in [-0.3, -0.25) is 4.79 Å². The van der Waals surface area contributed by atoms with Gasteiger partial charge in [-0.15, -0.1) is 0 Å². The molecule has 1 aliphatic rings. The molecule has 0 aromatic heterocycles. The number of nitrogens with one attached hydrogen (secondary N) is 1. The van der Waals surface area contributed by atoms with Gasteiger partial charge in [-0.1, -0.05) is 26.0 Å². The number of rotatable bonds is 5. The summed E-state index contributed by atoms with van der Waals surface area (Å²) in [5, 5.41) is 3.25. The normalized spacial score (nSPS) is 15.4. The van der Waals surface area contributed by atoms with Crippen molar-refractivity contribution in [3.05, 3.63) is 29.8 Å². The second kappa shape index (κ2) is 7.29. The van der Waals surface area contributed by atoms with Crippen LogP contribution in [0.2, 0.25) is 0 Å². The number of carbonyl (C=O) groups is 1. The van der Waals surface area contributed by atoms with Gasteiger partial charge in [0, 0.05) is 26.2 Å². The largest absolute Gasteiger partial charge is 0.493 e. The zero-order chi connectivity index (χ0) is 14.4. The minimum absolute atomic E-state index is 0.211. The Morgan fingerprint density at radius 3 is 2.50 bits per heavy atom. The van der Waals surface area contributed by atoms with Crippen LogP contribution >= 0.6 is 0 Å². The van der Waals surface area contributed by atoms with E-state index in [4.69, 9.17) is 4.74 Å². The second-order valence-corrected chi connectivity index (χ2v) is 5.66. The zero-order valence-corrected chi connectivity index (χ0v) is 12.4. The number of hydrogen-bond donors (Lipinski definition) is 1. The standard InChI is InChI=1S/C16H24N2O2/c1-13(2)12-20-15-5-3-14(4-6-15)11-16(19)18-9-7-17-8-10-18/h3-6,13,17H,7-12H2,1-2H3. The van der Waals surface area contributed by atoms with E-state index in [0.29, 0.717) is 12.3 Å². The number of nitrogens with zero attached hydrogens (tertiary/aromatic N) is 1. The van der Waals surface area contributed by atoms with E-state index in [2.05, 4.69) is 19.2 Å². The lowest BCUT2D eigenvalue weighted by atomic mass is 10.1. The predicted octanol–water partition coefficient (Wildman–Crippen LogP) is 1.70. The van der Waals surface area contributed by atoms with Gasteiger partial charge in [-0.2, -0.15) is 0 Å². The van der Waals surface area contributed by atoms with Crippen LogP contribution in [0.15, 0.2) is 24.3 Å². The van der Waals surface area contributed by atoms with Crippen LogP contribution in [-0.2, 0) is 11.2 Å². The summed E-state index contributed by atoms with van der Waals surface area (Å²) in [4.78, 5) is 14.1. The van der Waals surface area contributed by atoms with Crippen molar-refractivity contribution in [1.29, 1.82) is 0 Å². The number of carbonyl (C=O) groups excluding carboxylic acids is 1. The van der Waals surface area contributed by atoms with E-state index in [-0.39, 0.29) is 5.91 Å². The first-order chi connectivity index (χ1) is 9.65. The Hall–Kier alpha value is -1.55. The number of ether oxygens (including phenoxy) is 1. The molecule has 110 valence electrons. The molecule has 1 aromatic carbocycles. The van der Waals surface area contributed by atoms with Gasteiger partial charge >= 0.3 is 0 Å². The summed E-state index contributed by atoms with van der Waals surface area (Å²) in [6.45, 7) is 8.39. The van der Waals surface area contributed by atoms with E-state index >= 15 is 0 Å². The minimum atomic E-state index is 0.211. The van der Waals surface area contributed by atoms with E-state index in [1.54, 1.807) is 0 Å². The molecule has 4 nitrogen and oxygen atoms in total. The monoisotopic (exact) mass is 276 g/mol. The third-order valence-electron chi connectivity index (χ3n) is 3.33. The van der Waals surface area contributed by atoms with E-state index in [1.165, 1.54) is 0 Å². The van der Waals surface area contributed by atoms with Crippen LogP contribution in [0.4, 0.5) is 0 Å². The fraction of sp³-hybridized carbons (Fsp3) is 0.562. The quantitative estimate of drug-likeness (QED) is 0.890. The molecule has 1 amide bonds. The summed E-state index contributed by atoms with van der Waals surface area (Å²) in [6.07, 6.45) is 0.477. The Kier molecular flexibility index (Phi) is 5.41. The van der Waals surface area contributed by atoms with Crippen molar-refractivity contribution in [2.45, 2.75) is 20.3 Å². The predicted molar refractivity (Wildman–Crippen MR) is 79.9 cm³/mol. The van der Waals surface area contributed by atoms with Crippen molar-refractivity contribution in [2.24, 2.45) is 5.92 Å². The van der Waals surface area contributed by atoms with Gasteiger partial charge in [0.1, 0.15) is 5.75 Å². The molecule has 1 saturated heterocycles. The summed E-state index contributed by atoms with van der Waals surface area (Å²) in [7, 11) is 0. The van der Waals surface area contributed by atoms with E-state index in [9.17, 15) is 4.79 Å². The molecule has 1 aromatic rings. The summed E-state index contributed by atoms with van der Waals surface area (Å²) >= 11 is 0. The Morgan fingerprint density at radius 1 is 1.25 bits per heavy atom. The Morgan fingerprint density at radius 2 is 1.90 bits per heavy atom. The fourth-order valence-electron chi connectivity index (χ4n) is 2.17. The van der Waals surface area contributed by atoms with Crippen LogP contribution in [0.5, 0.6) is 5.75 Å². The maximum atomic E-state index is 12.1. The highest BCUT2D eigenvalue weighted by Gasteiger charge is 2.16. The molecular weight excluding hydrogens is 252 g/mol. The van der Waals surface area contributed by atoms with Crippen molar-refractivity contribution >= 4 is 5.91 Å². The molecule has 0 saturated carbocycles. The number of amides is 1. The Balaban J connectivity index is 1.84. The molecule has 0 unspecified atom stereocenters. The second-order valence-electron chi connectivity index (χ2n) is 5.66. The molecule has 0 radical (unpaired) electrons. The molecule has 1 fully saturated rings. The number of piperazine rings is 1. The van der Waals surface area contributed by atoms with Gasteiger partial charge in [0.25, 0.3) is 0 Å². The van der Waals surface area contributed by atoms with Crippen LogP contribution in [-0.4, -0.2) is 43.6 Å². The lowest BCUT2D eigenvalue weighted by molar-refractivity contribution is -0.131. The highest BCUT2D eigenvalue weighted by atomic mass is 16.5. The van der Waals surface area contributed by atoms with Crippen LogP contribution < -0.4 is 10.1 Å². The SMILES string of the molecule is CC(C)COc1ccc(CC(=O)N2CCNCC2)cc1. The average Bonchev–Trinajstić information content (AvgIpc) is 2.47. The summed E-state index contributed by atoms with van der Waals surface area (Å²) in [5.41, 5.74) is 1.05. The first-order valence-electron chi connectivity index (χ1n) is 7.35. The van der Waals surface area contributed by atoms with E-state index < -0.39 is 0 Å². The average molecular weight is 276 g/mol. The van der Waals surface area contributed by atoms with E-state index in [1.807, 2.05) is 29.2 Å². The lowest BCUT2D eigenvalue weighted by Crippen LogP contribution is -2.46. The maximum Gasteiger partial charge on any atom is 0.227 e. The number of benzene rings is 1. The van der Waals surface area contributed by atoms with Crippen molar-refractivity contribution in [2.75, 3.05) is 32.8 Å². The van der Waals surface area contributed by atoms with Crippen molar-refractivity contribution in [3.8, 4) is 5.75 Å². The smallest absolute Gasteiger partial charge is 0.227 e. The summed E-state index contributed by atoms with van der Waals surface area (Å²) in [5.74, 6) is 1.60. The first kappa shape index (κ1) is 14.9. The van der Waals surface area contributed by atoms with Gasteiger partial charge in [0.05, 0.1) is 13.0 Å². The van der Waals surface area contributed by atoms with Crippen LogP contribution in [0, 0.1) is 5.92 Å². The third kappa shape index (κ3) is 4.53. The molecule has 0 aliphatic carbocycles. The van der Waals surface area contributed by atoms with Gasteiger partial charge in [-0.25, -0.2) is 0 Å². The van der Waals surface area contributed by atoms with Crippen LogP contribution in [0.1, 0.15) is 19.4 Å². The molecule has 2 rings (SSSR count). The third-order valence-corrected chi connectivity index (χ3v) is 3.33. The molecule has 1 aliphatic heterocycles. The van der Waals surface area contributed by atoms with Gasteiger partial charge in [0.15, 0.2) is 0 Å². The topological polar surface area (TPSA) is 41.6 Å². The highest BCUT2D eigenvalue weighted by Crippen LogP contribution is 2.14. The molecule has 4 heteroatoms. The summed E-state index contributed by atoms with van der Waals surface area (Å²) in [6, 6.07) is 7.86. The Bertz CT molecular complexity index is 423. The lowest BCUT2D eigenvalue weighted by Gasteiger charge is -2.27. The zero-order valence-electron chi connectivity index (χ0n) is 12.4. The van der Waals surface area contributed by atoms with Crippen LogP contribution in [0.3, 0.4) is 0 Å². The molecule has 1 heterocycles. The Labute approximate surface area is 121 Å². The van der Waals surface area contributed by atoms with Gasteiger partial charge in [0.2, 0.25) is 5.91 Å². The molecule has 20 heavy (non-hydrogen) atoms. The number of hydrogen-bond acceptors (Lipinski definition) is 3.